The van der Waals surface area contributed by atoms with Crippen LogP contribution in [0.15, 0.2) is 12.4 Å². The van der Waals surface area contributed by atoms with Crippen molar-refractivity contribution in [2.75, 3.05) is 0 Å². The number of hydrogen-bond acceptors (Lipinski definition) is 4. The quantitative estimate of drug-likeness (QED) is 0.862. The smallest absolute Gasteiger partial charge is 0.408 e. The molecule has 6 heteroatoms. The van der Waals surface area contributed by atoms with Crippen LogP contribution < -0.4 is 5.32 Å². The number of carbonyl (C=O) groups excluding carboxylic acids is 1. The van der Waals surface area contributed by atoms with Crippen LogP contribution in [0.4, 0.5) is 9.18 Å². The molecule has 0 saturated carbocycles. The Hall–Kier alpha value is -1.72. The predicted molar refractivity (Wildman–Crippen MR) is 59.8 cm³/mol. The van der Waals surface area contributed by atoms with Crippen molar-refractivity contribution in [3.8, 4) is 0 Å². The molecule has 1 aromatic rings. The third-order valence-corrected chi connectivity index (χ3v) is 1.76. The average molecular weight is 241 g/mol. The van der Waals surface area contributed by atoms with E-state index in [-0.39, 0.29) is 0 Å². The number of alkyl carbamates (subject to hydrolysis) is 1. The molecule has 5 nitrogen and oxygen atoms in total. The lowest BCUT2D eigenvalue weighted by Crippen LogP contribution is -2.34. The molecule has 0 aliphatic heterocycles. The van der Waals surface area contributed by atoms with Gasteiger partial charge in [-0.3, -0.25) is 0 Å². The zero-order valence-corrected chi connectivity index (χ0v) is 10.3. The van der Waals surface area contributed by atoms with Gasteiger partial charge in [0.1, 0.15) is 5.60 Å². The molecule has 1 rings (SSSR count). The maximum absolute atomic E-state index is 12.6. The Morgan fingerprint density at radius 2 is 1.94 bits per heavy atom. The van der Waals surface area contributed by atoms with Crippen LogP contribution in [0.1, 0.15) is 39.6 Å². The fourth-order valence-electron chi connectivity index (χ4n) is 1.09. The third kappa shape index (κ3) is 4.76. The highest BCUT2D eigenvalue weighted by atomic mass is 19.1. The molecule has 1 aromatic heterocycles. The van der Waals surface area contributed by atoms with Gasteiger partial charge in [-0.25, -0.2) is 19.2 Å². The molecule has 1 N–H and O–H groups in total. The molecule has 0 aliphatic rings. The first kappa shape index (κ1) is 13.3. The lowest BCUT2D eigenvalue weighted by Gasteiger charge is -2.21. The van der Waals surface area contributed by atoms with Crippen molar-refractivity contribution in [2.45, 2.75) is 39.3 Å². The van der Waals surface area contributed by atoms with Crippen molar-refractivity contribution in [3.63, 3.8) is 0 Å². The maximum Gasteiger partial charge on any atom is 0.408 e. The Morgan fingerprint density at radius 1 is 1.41 bits per heavy atom. The summed E-state index contributed by atoms with van der Waals surface area (Å²) >= 11 is 0. The highest BCUT2D eigenvalue weighted by Crippen LogP contribution is 2.10. The molecule has 17 heavy (non-hydrogen) atoms. The summed E-state index contributed by atoms with van der Waals surface area (Å²) in [4.78, 5) is 19.0. The van der Waals surface area contributed by atoms with E-state index in [0.29, 0.717) is 5.82 Å². The molecule has 0 fully saturated rings. The first-order valence-electron chi connectivity index (χ1n) is 5.25. The van der Waals surface area contributed by atoms with E-state index in [2.05, 4.69) is 15.3 Å². The Morgan fingerprint density at radius 3 is 2.41 bits per heavy atom. The van der Waals surface area contributed by atoms with Crippen molar-refractivity contribution in [1.29, 1.82) is 0 Å². The molecule has 0 bridgehead atoms. The van der Waals surface area contributed by atoms with Crippen LogP contribution in [-0.2, 0) is 4.74 Å². The van der Waals surface area contributed by atoms with E-state index in [0.717, 1.165) is 12.4 Å². The number of carbonyl (C=O) groups is 1. The van der Waals surface area contributed by atoms with Crippen LogP contribution in [0.25, 0.3) is 0 Å². The van der Waals surface area contributed by atoms with Crippen molar-refractivity contribution in [3.05, 3.63) is 24.0 Å². The third-order valence-electron chi connectivity index (χ3n) is 1.76. The molecule has 1 unspecified atom stereocenters. The monoisotopic (exact) mass is 241 g/mol. The summed E-state index contributed by atoms with van der Waals surface area (Å²) in [6.07, 6.45) is 1.54. The largest absolute Gasteiger partial charge is 0.444 e. The zero-order chi connectivity index (χ0) is 13.1. The Balaban J connectivity index is 2.57. The lowest BCUT2D eigenvalue weighted by molar-refractivity contribution is 0.0506. The van der Waals surface area contributed by atoms with E-state index in [1.54, 1.807) is 27.7 Å². The number of amides is 1. The first-order valence-corrected chi connectivity index (χ1v) is 5.25. The van der Waals surface area contributed by atoms with Gasteiger partial charge in [0.05, 0.1) is 18.4 Å². The first-order chi connectivity index (χ1) is 7.78. The summed E-state index contributed by atoms with van der Waals surface area (Å²) in [5.41, 5.74) is -0.562. The standard InChI is InChI=1S/C11H16FN3O2/c1-7(9-13-5-8(12)6-14-9)15-10(16)17-11(2,3)4/h5-7H,1-4H3,(H,15,16). The van der Waals surface area contributed by atoms with Crippen LogP contribution in [-0.4, -0.2) is 21.7 Å². The van der Waals surface area contributed by atoms with Gasteiger partial charge in [0.25, 0.3) is 0 Å². The number of hydrogen-bond donors (Lipinski definition) is 1. The summed E-state index contributed by atoms with van der Waals surface area (Å²) in [6.45, 7) is 7.00. The second-order valence-electron chi connectivity index (χ2n) is 4.63. The van der Waals surface area contributed by atoms with Gasteiger partial charge in [0.2, 0.25) is 0 Å². The lowest BCUT2D eigenvalue weighted by atomic mass is 10.2. The number of aromatic nitrogens is 2. The van der Waals surface area contributed by atoms with Crippen LogP contribution >= 0.6 is 0 Å². The van der Waals surface area contributed by atoms with E-state index in [1.165, 1.54) is 0 Å². The van der Waals surface area contributed by atoms with Gasteiger partial charge < -0.3 is 10.1 Å². The van der Waals surface area contributed by atoms with Crippen molar-refractivity contribution in [1.82, 2.24) is 15.3 Å². The molecule has 0 spiro atoms. The second kappa shape index (κ2) is 5.07. The van der Waals surface area contributed by atoms with Crippen LogP contribution in [0, 0.1) is 5.82 Å². The predicted octanol–water partition coefficient (Wildman–Crippen LogP) is 2.20. The molecule has 1 atom stereocenters. The molecule has 0 aromatic carbocycles. The minimum absolute atomic E-state index is 0.331. The highest BCUT2D eigenvalue weighted by molar-refractivity contribution is 5.68. The topological polar surface area (TPSA) is 64.1 Å². The van der Waals surface area contributed by atoms with Gasteiger partial charge in [0.15, 0.2) is 11.6 Å². The van der Waals surface area contributed by atoms with E-state index in [4.69, 9.17) is 4.74 Å². The minimum atomic E-state index is -0.562. The van der Waals surface area contributed by atoms with Gasteiger partial charge in [-0.1, -0.05) is 0 Å². The van der Waals surface area contributed by atoms with Crippen LogP contribution in [0.2, 0.25) is 0 Å². The molecule has 1 amide bonds. The second-order valence-corrected chi connectivity index (χ2v) is 4.63. The Kier molecular flexibility index (Phi) is 3.98. The normalized spacial score (nSPS) is 13.0. The molecular formula is C11H16FN3O2. The van der Waals surface area contributed by atoms with Crippen molar-refractivity contribution in [2.24, 2.45) is 0 Å². The fraction of sp³-hybridized carbons (Fsp3) is 0.545. The summed E-state index contributed by atoms with van der Waals surface area (Å²) in [5, 5.41) is 2.56. The van der Waals surface area contributed by atoms with Gasteiger partial charge >= 0.3 is 6.09 Å². The number of nitrogens with zero attached hydrogens (tertiary/aromatic N) is 2. The number of ether oxygens (including phenoxy) is 1. The number of halogens is 1. The minimum Gasteiger partial charge on any atom is -0.444 e. The molecule has 0 saturated heterocycles. The summed E-state index contributed by atoms with van der Waals surface area (Å²) < 4.78 is 17.7. The van der Waals surface area contributed by atoms with Gasteiger partial charge in [-0.15, -0.1) is 0 Å². The number of rotatable bonds is 2. The summed E-state index contributed by atoms with van der Waals surface area (Å²) in [6, 6.07) is -0.439. The Bertz CT molecular complexity index is 387. The van der Waals surface area contributed by atoms with Crippen LogP contribution in [0.5, 0.6) is 0 Å². The van der Waals surface area contributed by atoms with E-state index >= 15 is 0 Å². The number of nitrogens with one attached hydrogen (secondary N) is 1. The molecular weight excluding hydrogens is 225 g/mol. The van der Waals surface area contributed by atoms with E-state index in [9.17, 15) is 9.18 Å². The summed E-state index contributed by atoms with van der Waals surface area (Å²) in [7, 11) is 0. The van der Waals surface area contributed by atoms with E-state index in [1.807, 2.05) is 0 Å². The molecule has 0 aliphatic carbocycles. The van der Waals surface area contributed by atoms with E-state index < -0.39 is 23.6 Å². The van der Waals surface area contributed by atoms with Crippen molar-refractivity contribution >= 4 is 6.09 Å². The summed E-state index contributed by atoms with van der Waals surface area (Å²) in [5.74, 6) is -0.185. The fourth-order valence-corrected chi connectivity index (χ4v) is 1.09. The van der Waals surface area contributed by atoms with Crippen molar-refractivity contribution < 1.29 is 13.9 Å². The molecule has 94 valence electrons. The molecule has 1 heterocycles. The van der Waals surface area contributed by atoms with Gasteiger partial charge in [-0.2, -0.15) is 0 Å². The molecule has 0 radical (unpaired) electrons. The average Bonchev–Trinajstić information content (AvgIpc) is 2.15. The Labute approximate surface area is 99.4 Å². The zero-order valence-electron chi connectivity index (χ0n) is 10.3. The highest BCUT2D eigenvalue weighted by Gasteiger charge is 2.19. The maximum atomic E-state index is 12.6. The van der Waals surface area contributed by atoms with Gasteiger partial charge in [-0.05, 0) is 27.7 Å². The van der Waals surface area contributed by atoms with Gasteiger partial charge in [0, 0.05) is 0 Å². The SMILES string of the molecule is CC(NC(=O)OC(C)(C)C)c1ncc(F)cn1. The van der Waals surface area contributed by atoms with Crippen LogP contribution in [0.3, 0.4) is 0 Å².